The van der Waals surface area contributed by atoms with Crippen LogP contribution >= 0.6 is 0 Å². The summed E-state index contributed by atoms with van der Waals surface area (Å²) >= 11 is 0. The Labute approximate surface area is 155 Å². The number of methoxy groups -OCH3 is 1. The van der Waals surface area contributed by atoms with E-state index in [1.165, 1.54) is 13.2 Å². The number of aryl methyl sites for hydroxylation is 1. The van der Waals surface area contributed by atoms with E-state index in [0.717, 1.165) is 22.0 Å². The monoisotopic (exact) mass is 359 g/mol. The Hall–Kier alpha value is -3.47. The number of ketones is 2. The lowest BCUT2D eigenvalue weighted by atomic mass is 9.84. The molecule has 5 nitrogen and oxygen atoms in total. The lowest BCUT2D eigenvalue weighted by molar-refractivity contribution is -0.140. The molecular weight excluding hydrogens is 342 g/mol. The van der Waals surface area contributed by atoms with E-state index in [1.54, 1.807) is 12.1 Å². The highest BCUT2D eigenvalue weighted by Gasteiger charge is 2.27. The number of hydrogen-bond donors (Lipinski definition) is 1. The first kappa shape index (κ1) is 17.0. The van der Waals surface area contributed by atoms with Crippen LogP contribution in [0.5, 0.6) is 0 Å². The Bertz CT molecular complexity index is 1120. The van der Waals surface area contributed by atoms with Crippen LogP contribution in [-0.2, 0) is 20.7 Å². The Kier molecular flexibility index (Phi) is 4.20. The van der Waals surface area contributed by atoms with Gasteiger partial charge in [-0.15, -0.1) is 0 Å². The number of ether oxygens (including phenoxy) is 1. The quantitative estimate of drug-likeness (QED) is 0.572. The number of hydrogen-bond acceptors (Lipinski definition) is 4. The van der Waals surface area contributed by atoms with Crippen molar-refractivity contribution in [1.29, 1.82) is 0 Å². The van der Waals surface area contributed by atoms with Gasteiger partial charge in [0, 0.05) is 34.6 Å². The van der Waals surface area contributed by atoms with Crippen molar-refractivity contribution in [2.24, 2.45) is 0 Å². The third-order valence-electron chi connectivity index (χ3n) is 4.84. The number of esters is 1. The summed E-state index contributed by atoms with van der Waals surface area (Å²) in [6.45, 7) is 0. The second kappa shape index (κ2) is 6.68. The Balaban J connectivity index is 1.82. The van der Waals surface area contributed by atoms with Crippen LogP contribution in [0.25, 0.3) is 16.5 Å². The number of rotatable bonds is 4. The summed E-state index contributed by atoms with van der Waals surface area (Å²) in [4.78, 5) is 39.2. The molecule has 0 saturated heterocycles. The average molecular weight is 359 g/mol. The van der Waals surface area contributed by atoms with Crippen molar-refractivity contribution in [3.8, 4) is 0 Å². The smallest absolute Gasteiger partial charge is 0.305 e. The third-order valence-corrected chi connectivity index (χ3v) is 4.84. The van der Waals surface area contributed by atoms with Gasteiger partial charge in [0.2, 0.25) is 11.6 Å². The van der Waals surface area contributed by atoms with Crippen molar-refractivity contribution in [1.82, 2.24) is 4.98 Å². The number of carbonyl (C=O) groups excluding carboxylic acids is 3. The molecule has 1 N–H and O–H groups in total. The van der Waals surface area contributed by atoms with Gasteiger partial charge < -0.3 is 9.72 Å². The third kappa shape index (κ3) is 2.97. The summed E-state index contributed by atoms with van der Waals surface area (Å²) in [5.74, 6) is -1.32. The summed E-state index contributed by atoms with van der Waals surface area (Å²) in [6.07, 6.45) is 4.02. The maximum Gasteiger partial charge on any atom is 0.305 e. The number of allylic oxidation sites excluding steroid dienone is 1. The number of Topliss-reactive ketones (excluding diaryl/α,β-unsaturated/α-hetero) is 1. The zero-order valence-electron chi connectivity index (χ0n) is 14.7. The first-order chi connectivity index (χ1) is 13.1. The summed E-state index contributed by atoms with van der Waals surface area (Å²) < 4.78 is 4.69. The lowest BCUT2D eigenvalue weighted by Gasteiger charge is -2.17. The van der Waals surface area contributed by atoms with Crippen LogP contribution in [0.1, 0.15) is 33.5 Å². The molecule has 134 valence electrons. The van der Waals surface area contributed by atoms with Gasteiger partial charge in [0.25, 0.3) is 0 Å². The largest absolute Gasteiger partial charge is 0.469 e. The molecule has 0 radical (unpaired) electrons. The molecular formula is C22H17NO4. The topological polar surface area (TPSA) is 76.2 Å². The van der Waals surface area contributed by atoms with Gasteiger partial charge in [-0.05, 0) is 35.3 Å². The predicted octanol–water partition coefficient (Wildman–Crippen LogP) is 3.47. The number of aromatic nitrogens is 1. The number of para-hydroxylation sites is 1. The van der Waals surface area contributed by atoms with Gasteiger partial charge in [0.05, 0.1) is 7.11 Å². The molecule has 0 aliphatic heterocycles. The van der Waals surface area contributed by atoms with E-state index in [9.17, 15) is 14.4 Å². The summed E-state index contributed by atoms with van der Waals surface area (Å²) in [7, 11) is 1.36. The van der Waals surface area contributed by atoms with Gasteiger partial charge >= 0.3 is 5.97 Å². The Morgan fingerprint density at radius 3 is 2.67 bits per heavy atom. The molecule has 0 spiro atoms. The first-order valence-corrected chi connectivity index (χ1v) is 8.65. The second-order valence-electron chi connectivity index (χ2n) is 6.46. The molecule has 27 heavy (non-hydrogen) atoms. The number of carbonyl (C=O) groups is 3. The zero-order valence-corrected chi connectivity index (χ0v) is 14.7. The van der Waals surface area contributed by atoms with Gasteiger partial charge in [-0.25, -0.2) is 0 Å². The fourth-order valence-electron chi connectivity index (χ4n) is 3.44. The van der Waals surface area contributed by atoms with Crippen molar-refractivity contribution in [2.75, 3.05) is 7.11 Å². The molecule has 0 atom stereocenters. The highest BCUT2D eigenvalue weighted by molar-refractivity contribution is 6.51. The number of benzene rings is 2. The number of aromatic amines is 1. The number of nitrogens with one attached hydrogen (secondary N) is 1. The molecule has 5 heteroatoms. The van der Waals surface area contributed by atoms with Crippen LogP contribution in [0.3, 0.4) is 0 Å². The van der Waals surface area contributed by atoms with Crippen LogP contribution in [0.15, 0.2) is 54.7 Å². The average Bonchev–Trinajstić information content (AvgIpc) is 3.12. The van der Waals surface area contributed by atoms with Crippen molar-refractivity contribution in [3.05, 3.63) is 77.0 Å². The number of H-pyrrole nitrogens is 1. The number of fused-ring (bicyclic) bond motifs is 2. The lowest BCUT2D eigenvalue weighted by Crippen LogP contribution is -2.19. The minimum Gasteiger partial charge on any atom is -0.469 e. The summed E-state index contributed by atoms with van der Waals surface area (Å²) in [5, 5.41) is 0.983. The molecule has 3 aromatic rings. The minimum atomic E-state index is -0.523. The molecule has 2 aromatic carbocycles. The molecule has 4 rings (SSSR count). The van der Waals surface area contributed by atoms with Crippen LogP contribution in [0.2, 0.25) is 0 Å². The SMILES string of the molecule is COC(=O)CCc1ccc2c(c1)C(c1c[nH]c3ccccc13)=CC(=O)C2=O. The van der Waals surface area contributed by atoms with Crippen molar-refractivity contribution >= 4 is 34.0 Å². The van der Waals surface area contributed by atoms with Crippen LogP contribution in [-0.4, -0.2) is 29.6 Å². The fraction of sp³-hybridized carbons (Fsp3) is 0.136. The van der Waals surface area contributed by atoms with Crippen LogP contribution in [0.4, 0.5) is 0 Å². The molecule has 1 aliphatic rings. The molecule has 0 amide bonds. The van der Waals surface area contributed by atoms with E-state index in [0.29, 0.717) is 23.1 Å². The van der Waals surface area contributed by atoms with Crippen molar-refractivity contribution in [2.45, 2.75) is 12.8 Å². The van der Waals surface area contributed by atoms with Gasteiger partial charge in [-0.1, -0.05) is 36.4 Å². The van der Waals surface area contributed by atoms with E-state index in [2.05, 4.69) is 4.98 Å². The second-order valence-corrected chi connectivity index (χ2v) is 6.46. The maximum atomic E-state index is 12.3. The maximum absolute atomic E-state index is 12.3. The summed E-state index contributed by atoms with van der Waals surface area (Å²) in [5.41, 5.74) is 4.56. The fourth-order valence-corrected chi connectivity index (χ4v) is 3.44. The van der Waals surface area contributed by atoms with E-state index in [1.807, 2.05) is 36.5 Å². The Morgan fingerprint density at radius 2 is 1.85 bits per heavy atom. The Morgan fingerprint density at radius 1 is 1.04 bits per heavy atom. The highest BCUT2D eigenvalue weighted by atomic mass is 16.5. The van der Waals surface area contributed by atoms with E-state index in [4.69, 9.17) is 4.74 Å². The van der Waals surface area contributed by atoms with E-state index < -0.39 is 11.6 Å². The predicted molar refractivity (Wildman–Crippen MR) is 101 cm³/mol. The van der Waals surface area contributed by atoms with Crippen LogP contribution in [0, 0.1) is 0 Å². The first-order valence-electron chi connectivity index (χ1n) is 8.65. The van der Waals surface area contributed by atoms with Crippen molar-refractivity contribution in [3.63, 3.8) is 0 Å². The van der Waals surface area contributed by atoms with Gasteiger partial charge in [-0.2, -0.15) is 0 Å². The molecule has 0 fully saturated rings. The van der Waals surface area contributed by atoms with Gasteiger partial charge in [0.15, 0.2) is 0 Å². The minimum absolute atomic E-state index is 0.258. The normalized spacial score (nSPS) is 13.4. The van der Waals surface area contributed by atoms with E-state index >= 15 is 0 Å². The van der Waals surface area contributed by atoms with Gasteiger partial charge in [-0.3, -0.25) is 14.4 Å². The van der Waals surface area contributed by atoms with E-state index in [-0.39, 0.29) is 12.4 Å². The zero-order chi connectivity index (χ0) is 19.0. The molecule has 0 bridgehead atoms. The molecule has 1 heterocycles. The van der Waals surface area contributed by atoms with Gasteiger partial charge in [0.1, 0.15) is 0 Å². The molecule has 1 aliphatic carbocycles. The molecule has 1 aromatic heterocycles. The summed E-state index contributed by atoms with van der Waals surface area (Å²) in [6, 6.07) is 13.1. The molecule has 0 saturated carbocycles. The molecule has 0 unspecified atom stereocenters. The standard InChI is InChI=1S/C22H17NO4/c1-27-21(25)9-7-13-6-8-15-16(10-13)17(11-20(24)22(15)26)18-12-23-19-5-3-2-4-14(18)19/h2-6,8,10-12,23H,7,9H2,1H3. The highest BCUT2D eigenvalue weighted by Crippen LogP contribution is 2.35. The van der Waals surface area contributed by atoms with Crippen molar-refractivity contribution < 1.29 is 19.1 Å². The van der Waals surface area contributed by atoms with Crippen LogP contribution < -0.4 is 0 Å².